The predicted molar refractivity (Wildman–Crippen MR) is 132 cm³/mol. The molecule has 0 unspecified atom stereocenters. The molecule has 0 fully saturated rings. The van der Waals surface area contributed by atoms with E-state index < -0.39 is 10.0 Å². The Morgan fingerprint density at radius 1 is 1.15 bits per heavy atom. The summed E-state index contributed by atoms with van der Waals surface area (Å²) in [6, 6.07) is 16.2. The summed E-state index contributed by atoms with van der Waals surface area (Å²) in [5.74, 6) is 0.561. The van der Waals surface area contributed by atoms with Crippen LogP contribution in [0, 0.1) is 0 Å². The van der Waals surface area contributed by atoms with Crippen molar-refractivity contribution in [3.05, 3.63) is 82.0 Å². The molecule has 1 aliphatic heterocycles. The standard InChI is InChI=1S/C24H25N3O4S2/c1-3-31-23-8-6-5-7-20(23)22-15-21(25-27(22)24(28)18-13-14-32-16-18)17-9-11-19(12-10-17)26-33(29,30)4-2/h5-14,16,22,26H,3-4,15H2,1-2H3/t22-/m1/s1. The Morgan fingerprint density at radius 3 is 2.58 bits per heavy atom. The molecule has 7 nitrogen and oxygen atoms in total. The lowest BCUT2D eigenvalue weighted by molar-refractivity contribution is 0.0709. The van der Waals surface area contributed by atoms with Crippen LogP contribution >= 0.6 is 11.3 Å². The zero-order valence-corrected chi connectivity index (χ0v) is 20.0. The number of hydrazone groups is 1. The van der Waals surface area contributed by atoms with Gasteiger partial charge in [-0.05, 0) is 49.1 Å². The van der Waals surface area contributed by atoms with Crippen LogP contribution in [0.15, 0.2) is 70.5 Å². The number of carbonyl (C=O) groups excluding carboxylic acids is 1. The van der Waals surface area contributed by atoms with E-state index in [-0.39, 0.29) is 17.7 Å². The van der Waals surface area contributed by atoms with E-state index in [4.69, 9.17) is 9.84 Å². The van der Waals surface area contributed by atoms with Gasteiger partial charge in [-0.3, -0.25) is 9.52 Å². The van der Waals surface area contributed by atoms with Crippen molar-refractivity contribution >= 4 is 38.7 Å². The largest absolute Gasteiger partial charge is 0.494 e. The van der Waals surface area contributed by atoms with Crippen molar-refractivity contribution in [1.29, 1.82) is 0 Å². The van der Waals surface area contributed by atoms with Crippen LogP contribution in [0.2, 0.25) is 0 Å². The van der Waals surface area contributed by atoms with Crippen LogP contribution in [0.25, 0.3) is 0 Å². The second kappa shape index (κ2) is 9.76. The molecule has 33 heavy (non-hydrogen) atoms. The average molecular weight is 484 g/mol. The monoisotopic (exact) mass is 483 g/mol. The Labute approximate surface area is 197 Å². The van der Waals surface area contributed by atoms with Gasteiger partial charge < -0.3 is 4.74 Å². The first-order valence-electron chi connectivity index (χ1n) is 10.7. The molecule has 9 heteroatoms. The number of sulfonamides is 1. The molecule has 4 rings (SSSR count). The molecular formula is C24H25N3O4S2. The highest BCUT2D eigenvalue weighted by molar-refractivity contribution is 7.92. The minimum atomic E-state index is -3.35. The first-order chi connectivity index (χ1) is 15.9. The molecule has 0 bridgehead atoms. The highest BCUT2D eigenvalue weighted by Crippen LogP contribution is 2.38. The topological polar surface area (TPSA) is 88.1 Å². The molecule has 3 aromatic rings. The summed E-state index contributed by atoms with van der Waals surface area (Å²) in [4.78, 5) is 13.3. The number of ether oxygens (including phenoxy) is 1. The van der Waals surface area contributed by atoms with E-state index in [1.165, 1.54) is 16.3 Å². The Bertz CT molecular complexity index is 1250. The molecule has 1 atom stereocenters. The van der Waals surface area contributed by atoms with E-state index >= 15 is 0 Å². The Balaban J connectivity index is 1.67. The van der Waals surface area contributed by atoms with Gasteiger partial charge in [-0.15, -0.1) is 0 Å². The summed E-state index contributed by atoms with van der Waals surface area (Å²) < 4.78 is 32.0. The van der Waals surface area contributed by atoms with Crippen molar-refractivity contribution in [2.45, 2.75) is 26.3 Å². The number of nitrogens with one attached hydrogen (secondary N) is 1. The van der Waals surface area contributed by atoms with Crippen LogP contribution in [-0.4, -0.2) is 37.4 Å². The third-order valence-corrected chi connectivity index (χ3v) is 7.33. The fourth-order valence-corrected chi connectivity index (χ4v) is 4.93. The van der Waals surface area contributed by atoms with Gasteiger partial charge in [0, 0.05) is 23.1 Å². The molecule has 2 aromatic carbocycles. The number of para-hydroxylation sites is 1. The third kappa shape index (κ3) is 5.09. The number of hydrogen-bond acceptors (Lipinski definition) is 6. The van der Waals surface area contributed by atoms with Crippen molar-refractivity contribution in [3.8, 4) is 5.75 Å². The molecule has 0 radical (unpaired) electrons. The molecule has 2 heterocycles. The second-order valence-corrected chi connectivity index (χ2v) is 10.3. The van der Waals surface area contributed by atoms with Gasteiger partial charge >= 0.3 is 0 Å². The summed E-state index contributed by atoms with van der Waals surface area (Å²) in [6.45, 7) is 4.03. The van der Waals surface area contributed by atoms with Crippen molar-refractivity contribution in [1.82, 2.24) is 5.01 Å². The minimum Gasteiger partial charge on any atom is -0.494 e. The zero-order chi connectivity index (χ0) is 23.4. The van der Waals surface area contributed by atoms with Gasteiger partial charge in [-0.25, -0.2) is 13.4 Å². The molecule has 0 saturated carbocycles. The summed E-state index contributed by atoms with van der Waals surface area (Å²) in [5, 5.41) is 9.92. The predicted octanol–water partition coefficient (Wildman–Crippen LogP) is 4.90. The second-order valence-electron chi connectivity index (χ2n) is 7.48. The minimum absolute atomic E-state index is 0.00202. The van der Waals surface area contributed by atoms with Crippen LogP contribution in [0.5, 0.6) is 5.75 Å². The lowest BCUT2D eigenvalue weighted by Gasteiger charge is -2.23. The molecule has 1 amide bonds. The highest BCUT2D eigenvalue weighted by Gasteiger charge is 2.35. The van der Waals surface area contributed by atoms with Gasteiger partial charge in [0.05, 0.1) is 29.7 Å². The van der Waals surface area contributed by atoms with Gasteiger partial charge in [-0.2, -0.15) is 16.4 Å². The summed E-state index contributed by atoms with van der Waals surface area (Å²) >= 11 is 1.46. The van der Waals surface area contributed by atoms with E-state index in [2.05, 4.69) is 4.72 Å². The Hall–Kier alpha value is -3.17. The fraction of sp³-hybridized carbons (Fsp3) is 0.250. The molecule has 172 valence electrons. The lowest BCUT2D eigenvalue weighted by atomic mass is 9.97. The van der Waals surface area contributed by atoms with Gasteiger partial charge in [0.25, 0.3) is 5.91 Å². The molecule has 1 N–H and O–H groups in total. The van der Waals surface area contributed by atoms with Crippen molar-refractivity contribution in [3.63, 3.8) is 0 Å². The van der Waals surface area contributed by atoms with Crippen molar-refractivity contribution < 1.29 is 17.9 Å². The van der Waals surface area contributed by atoms with E-state index in [1.54, 1.807) is 25.1 Å². The Morgan fingerprint density at radius 2 is 1.91 bits per heavy atom. The van der Waals surface area contributed by atoms with Gasteiger partial charge in [-0.1, -0.05) is 30.3 Å². The number of nitrogens with zero attached hydrogens (tertiary/aromatic N) is 2. The van der Waals surface area contributed by atoms with Crippen molar-refractivity contribution in [2.75, 3.05) is 17.1 Å². The van der Waals surface area contributed by atoms with Crippen LogP contribution in [0.3, 0.4) is 0 Å². The maximum Gasteiger partial charge on any atom is 0.275 e. The number of benzene rings is 2. The van der Waals surface area contributed by atoms with E-state index in [1.807, 2.05) is 54.1 Å². The highest BCUT2D eigenvalue weighted by atomic mass is 32.2. The molecule has 0 aliphatic carbocycles. The molecular weight excluding hydrogens is 458 g/mol. The molecule has 1 aromatic heterocycles. The van der Waals surface area contributed by atoms with Gasteiger partial charge in [0.2, 0.25) is 10.0 Å². The maximum absolute atomic E-state index is 13.3. The molecule has 0 spiro atoms. The number of hydrogen-bond donors (Lipinski definition) is 1. The zero-order valence-electron chi connectivity index (χ0n) is 18.4. The summed E-state index contributed by atoms with van der Waals surface area (Å²) in [6.07, 6.45) is 0.514. The Kier molecular flexibility index (Phi) is 6.80. The molecule has 0 saturated heterocycles. The SMILES string of the molecule is CCOc1ccccc1[C@H]1CC(c2ccc(NS(=O)(=O)CC)cc2)=NN1C(=O)c1ccsc1. The lowest BCUT2D eigenvalue weighted by Crippen LogP contribution is -2.27. The van der Waals surface area contributed by atoms with Crippen LogP contribution in [-0.2, 0) is 10.0 Å². The maximum atomic E-state index is 13.3. The van der Waals surface area contributed by atoms with Crippen molar-refractivity contribution in [2.24, 2.45) is 5.10 Å². The number of anilines is 1. The number of amides is 1. The number of rotatable bonds is 8. The van der Waals surface area contributed by atoms with Gasteiger partial charge in [0.1, 0.15) is 5.75 Å². The number of thiophene rings is 1. The third-order valence-electron chi connectivity index (χ3n) is 5.34. The van der Waals surface area contributed by atoms with Crippen LogP contribution in [0.1, 0.15) is 47.8 Å². The summed E-state index contributed by atoms with van der Waals surface area (Å²) in [7, 11) is -3.35. The number of carbonyl (C=O) groups is 1. The van der Waals surface area contributed by atoms with Crippen LogP contribution in [0.4, 0.5) is 5.69 Å². The first kappa shape index (κ1) is 23.0. The quantitative estimate of drug-likeness (QED) is 0.494. The van der Waals surface area contributed by atoms with Gasteiger partial charge in [0.15, 0.2) is 0 Å². The van der Waals surface area contributed by atoms with E-state index in [0.717, 1.165) is 22.6 Å². The van der Waals surface area contributed by atoms with Crippen LogP contribution < -0.4 is 9.46 Å². The fourth-order valence-electron chi connectivity index (χ4n) is 3.66. The first-order valence-corrected chi connectivity index (χ1v) is 13.3. The normalized spacial score (nSPS) is 15.9. The molecule has 1 aliphatic rings. The summed E-state index contributed by atoms with van der Waals surface area (Å²) in [5.41, 5.74) is 3.56. The average Bonchev–Trinajstić information content (AvgIpc) is 3.50. The van der Waals surface area contributed by atoms with E-state index in [0.29, 0.717) is 24.3 Å². The smallest absolute Gasteiger partial charge is 0.275 e. The van der Waals surface area contributed by atoms with E-state index in [9.17, 15) is 13.2 Å².